The lowest BCUT2D eigenvalue weighted by Gasteiger charge is -2.23. The number of nitrogens with zero attached hydrogens (tertiary/aromatic N) is 1. The molecule has 1 nitrogen and oxygen atoms in total. The first-order chi connectivity index (χ1) is 10.9. The van der Waals surface area contributed by atoms with E-state index in [1.807, 2.05) is 18.2 Å². The summed E-state index contributed by atoms with van der Waals surface area (Å²) in [4.78, 5) is 2.30. The molecule has 0 heterocycles. The van der Waals surface area contributed by atoms with Crippen molar-refractivity contribution in [1.29, 1.82) is 0 Å². The smallest absolute Gasteiger partial charge is 0.0415 e. The van der Waals surface area contributed by atoms with Crippen molar-refractivity contribution in [3.63, 3.8) is 0 Å². The maximum atomic E-state index is 2.30. The van der Waals surface area contributed by atoms with E-state index in [0.717, 1.165) is 6.54 Å². The Morgan fingerprint density at radius 1 is 0.591 bits per heavy atom. The van der Waals surface area contributed by atoms with Gasteiger partial charge in [-0.3, -0.25) is 0 Å². The minimum atomic E-state index is 0.836. The van der Waals surface area contributed by atoms with Gasteiger partial charge in [0.25, 0.3) is 0 Å². The van der Waals surface area contributed by atoms with Gasteiger partial charge >= 0.3 is 0 Å². The molecule has 0 radical (unpaired) electrons. The first-order valence-corrected chi connectivity index (χ1v) is 7.53. The lowest BCUT2D eigenvalue weighted by atomic mass is 10.2. The molecule has 0 fully saturated rings. The molecule has 0 aliphatic rings. The van der Waals surface area contributed by atoms with Crippen LogP contribution in [-0.2, 0) is 0 Å². The molecule has 0 spiro atoms. The summed E-state index contributed by atoms with van der Waals surface area (Å²) in [6, 6.07) is 31.4. The zero-order valence-corrected chi connectivity index (χ0v) is 12.5. The fourth-order valence-corrected chi connectivity index (χ4v) is 2.43. The van der Waals surface area contributed by atoms with Gasteiger partial charge in [-0.25, -0.2) is 0 Å². The van der Waals surface area contributed by atoms with Crippen molar-refractivity contribution in [2.75, 3.05) is 11.4 Å². The van der Waals surface area contributed by atoms with Crippen LogP contribution in [0.1, 0.15) is 5.56 Å². The first kappa shape index (κ1) is 14.2. The average Bonchev–Trinajstić information content (AvgIpc) is 2.61. The van der Waals surface area contributed by atoms with Crippen LogP contribution in [0.15, 0.2) is 97.1 Å². The number of rotatable bonds is 5. The molecule has 0 saturated carbocycles. The molecule has 22 heavy (non-hydrogen) atoms. The van der Waals surface area contributed by atoms with Gasteiger partial charge in [0.2, 0.25) is 0 Å². The lowest BCUT2D eigenvalue weighted by molar-refractivity contribution is 1.10. The Morgan fingerprint density at radius 3 is 1.55 bits per heavy atom. The molecule has 0 aromatic heterocycles. The van der Waals surface area contributed by atoms with Crippen molar-refractivity contribution in [1.82, 2.24) is 0 Å². The summed E-state index contributed by atoms with van der Waals surface area (Å²) in [5, 5.41) is 0. The van der Waals surface area contributed by atoms with Crippen molar-refractivity contribution in [3.8, 4) is 0 Å². The number of anilines is 2. The second kappa shape index (κ2) is 7.28. The normalized spacial score (nSPS) is 10.7. The van der Waals surface area contributed by atoms with Crippen LogP contribution in [0.4, 0.5) is 11.4 Å². The van der Waals surface area contributed by atoms with E-state index in [4.69, 9.17) is 0 Å². The minimum absolute atomic E-state index is 0.836. The summed E-state index contributed by atoms with van der Waals surface area (Å²) in [6.07, 6.45) is 4.37. The quantitative estimate of drug-likeness (QED) is 0.595. The third-order valence-corrected chi connectivity index (χ3v) is 3.53. The predicted molar refractivity (Wildman–Crippen MR) is 95.4 cm³/mol. The molecule has 0 unspecified atom stereocenters. The van der Waals surface area contributed by atoms with E-state index in [9.17, 15) is 0 Å². The maximum Gasteiger partial charge on any atom is 0.0415 e. The first-order valence-electron chi connectivity index (χ1n) is 7.53. The van der Waals surface area contributed by atoms with Gasteiger partial charge in [0.05, 0.1) is 0 Å². The molecule has 0 N–H and O–H groups in total. The molecule has 0 amide bonds. The van der Waals surface area contributed by atoms with E-state index in [-0.39, 0.29) is 0 Å². The third-order valence-electron chi connectivity index (χ3n) is 3.53. The molecule has 0 aliphatic heterocycles. The van der Waals surface area contributed by atoms with Crippen molar-refractivity contribution in [3.05, 3.63) is 103 Å². The summed E-state index contributed by atoms with van der Waals surface area (Å²) in [5.41, 5.74) is 3.63. The second-order valence-electron chi connectivity index (χ2n) is 5.09. The molecule has 0 aliphatic carbocycles. The van der Waals surface area contributed by atoms with E-state index in [1.54, 1.807) is 0 Å². The molecular weight excluding hydrogens is 266 g/mol. The number of benzene rings is 3. The average molecular weight is 285 g/mol. The summed E-state index contributed by atoms with van der Waals surface area (Å²) in [6.45, 7) is 0.836. The fourth-order valence-electron chi connectivity index (χ4n) is 2.43. The highest BCUT2D eigenvalue weighted by molar-refractivity contribution is 5.64. The Labute approximate surface area is 132 Å². The van der Waals surface area contributed by atoms with Crippen molar-refractivity contribution >= 4 is 17.5 Å². The van der Waals surface area contributed by atoms with E-state index in [0.29, 0.717) is 0 Å². The maximum absolute atomic E-state index is 2.30. The summed E-state index contributed by atoms with van der Waals surface area (Å²) in [5.74, 6) is 0. The summed E-state index contributed by atoms with van der Waals surface area (Å²) >= 11 is 0. The highest BCUT2D eigenvalue weighted by atomic mass is 15.1. The number of hydrogen-bond acceptors (Lipinski definition) is 1. The Hall–Kier alpha value is -2.80. The molecule has 1 heteroatoms. The third kappa shape index (κ3) is 3.64. The predicted octanol–water partition coefficient (Wildman–Crippen LogP) is 5.54. The molecule has 0 atom stereocenters. The van der Waals surface area contributed by atoms with Crippen LogP contribution in [0.3, 0.4) is 0 Å². The lowest BCUT2D eigenvalue weighted by Crippen LogP contribution is -2.16. The van der Waals surface area contributed by atoms with E-state index >= 15 is 0 Å². The zero-order chi connectivity index (χ0) is 15.0. The van der Waals surface area contributed by atoms with Gasteiger partial charge < -0.3 is 4.90 Å². The molecule has 3 aromatic rings. The standard InChI is InChI=1S/C21H19N/c1-4-11-19(12-5-1)13-10-18-22(20-14-6-2-7-15-20)21-16-8-3-9-17-21/h1-17H,18H2. The fraction of sp³-hybridized carbons (Fsp3) is 0.0476. The van der Waals surface area contributed by atoms with Crippen LogP contribution < -0.4 is 4.90 Å². The summed E-state index contributed by atoms with van der Waals surface area (Å²) in [7, 11) is 0. The van der Waals surface area contributed by atoms with E-state index < -0.39 is 0 Å². The van der Waals surface area contributed by atoms with Crippen LogP contribution in [0.5, 0.6) is 0 Å². The Balaban J connectivity index is 1.82. The van der Waals surface area contributed by atoms with Crippen molar-refractivity contribution in [2.45, 2.75) is 0 Å². The second-order valence-corrected chi connectivity index (χ2v) is 5.09. The molecule has 0 bridgehead atoms. The molecule has 0 saturated heterocycles. The zero-order valence-electron chi connectivity index (χ0n) is 12.5. The highest BCUT2D eigenvalue weighted by Crippen LogP contribution is 2.24. The van der Waals surface area contributed by atoms with Gasteiger partial charge in [-0.1, -0.05) is 78.9 Å². The Morgan fingerprint density at radius 2 is 1.05 bits per heavy atom. The highest BCUT2D eigenvalue weighted by Gasteiger charge is 2.06. The van der Waals surface area contributed by atoms with Gasteiger partial charge in [-0.05, 0) is 29.8 Å². The Kier molecular flexibility index (Phi) is 4.68. The van der Waals surface area contributed by atoms with E-state index in [2.05, 4.69) is 89.8 Å². The van der Waals surface area contributed by atoms with Crippen LogP contribution in [-0.4, -0.2) is 6.54 Å². The van der Waals surface area contributed by atoms with Crippen LogP contribution in [0.2, 0.25) is 0 Å². The van der Waals surface area contributed by atoms with Gasteiger partial charge in [-0.2, -0.15) is 0 Å². The number of para-hydroxylation sites is 2. The van der Waals surface area contributed by atoms with Crippen molar-refractivity contribution < 1.29 is 0 Å². The van der Waals surface area contributed by atoms with Crippen LogP contribution >= 0.6 is 0 Å². The molecule has 108 valence electrons. The van der Waals surface area contributed by atoms with E-state index in [1.165, 1.54) is 16.9 Å². The van der Waals surface area contributed by atoms with Gasteiger partial charge in [0.15, 0.2) is 0 Å². The van der Waals surface area contributed by atoms with Crippen LogP contribution in [0.25, 0.3) is 6.08 Å². The van der Waals surface area contributed by atoms with Gasteiger partial charge in [-0.15, -0.1) is 0 Å². The van der Waals surface area contributed by atoms with Gasteiger partial charge in [0, 0.05) is 17.9 Å². The van der Waals surface area contributed by atoms with Gasteiger partial charge in [0.1, 0.15) is 0 Å². The monoisotopic (exact) mass is 285 g/mol. The SMILES string of the molecule is C(=Cc1ccccc1)CN(c1ccccc1)c1ccccc1. The largest absolute Gasteiger partial charge is 0.338 e. The van der Waals surface area contributed by atoms with Crippen molar-refractivity contribution in [2.24, 2.45) is 0 Å². The Bertz CT molecular complexity index is 663. The van der Waals surface area contributed by atoms with Crippen LogP contribution in [0, 0.1) is 0 Å². The summed E-state index contributed by atoms with van der Waals surface area (Å²) < 4.78 is 0. The molecule has 3 rings (SSSR count). The number of hydrogen-bond donors (Lipinski definition) is 0. The topological polar surface area (TPSA) is 3.24 Å². The molecule has 3 aromatic carbocycles. The molecular formula is C21H19N. The minimum Gasteiger partial charge on any atom is -0.338 e.